The van der Waals surface area contributed by atoms with Gasteiger partial charge in [0.1, 0.15) is 6.04 Å². The molecule has 1 heterocycles. The van der Waals surface area contributed by atoms with Crippen molar-refractivity contribution in [1.29, 1.82) is 0 Å². The van der Waals surface area contributed by atoms with Gasteiger partial charge in [-0.2, -0.15) is 0 Å². The predicted octanol–water partition coefficient (Wildman–Crippen LogP) is 5.47. The van der Waals surface area contributed by atoms with Gasteiger partial charge in [0.05, 0.1) is 0 Å². The molecular formula is C21H19Cl2N3. The molecule has 1 atom stereocenters. The van der Waals surface area contributed by atoms with Crippen LogP contribution in [0.25, 0.3) is 6.08 Å². The first-order valence-electron chi connectivity index (χ1n) is 8.65. The van der Waals surface area contributed by atoms with Crippen LogP contribution in [-0.4, -0.2) is 5.96 Å². The van der Waals surface area contributed by atoms with E-state index in [-0.39, 0.29) is 6.04 Å². The molecule has 2 aliphatic rings. The number of hydrogen-bond donors (Lipinski definition) is 2. The number of aliphatic imine (C=N–C) groups is 1. The molecule has 132 valence electrons. The first-order chi connectivity index (χ1) is 12.6. The number of benzene rings is 2. The van der Waals surface area contributed by atoms with Crippen LogP contribution in [0.4, 0.5) is 0 Å². The van der Waals surface area contributed by atoms with Crippen molar-refractivity contribution in [3.8, 4) is 0 Å². The Morgan fingerprint density at radius 3 is 2.31 bits per heavy atom. The smallest absolute Gasteiger partial charge is 0.194 e. The van der Waals surface area contributed by atoms with Gasteiger partial charge in [-0.1, -0.05) is 47.5 Å². The molecule has 1 aliphatic heterocycles. The van der Waals surface area contributed by atoms with E-state index in [1.807, 2.05) is 48.5 Å². The summed E-state index contributed by atoms with van der Waals surface area (Å²) in [5, 5.41) is 4.76. The van der Waals surface area contributed by atoms with Crippen LogP contribution in [0.2, 0.25) is 10.0 Å². The van der Waals surface area contributed by atoms with E-state index >= 15 is 0 Å². The second-order valence-electron chi connectivity index (χ2n) is 6.57. The van der Waals surface area contributed by atoms with E-state index in [2.05, 4.69) is 16.4 Å². The highest BCUT2D eigenvalue weighted by Gasteiger charge is 2.29. The van der Waals surface area contributed by atoms with Crippen molar-refractivity contribution >= 4 is 35.2 Å². The summed E-state index contributed by atoms with van der Waals surface area (Å²) in [7, 11) is 0. The molecule has 0 spiro atoms. The summed E-state index contributed by atoms with van der Waals surface area (Å²) in [6, 6.07) is 15.7. The summed E-state index contributed by atoms with van der Waals surface area (Å²) < 4.78 is 0. The Kier molecular flexibility index (Phi) is 4.75. The van der Waals surface area contributed by atoms with Gasteiger partial charge in [0.15, 0.2) is 5.96 Å². The van der Waals surface area contributed by atoms with E-state index in [1.165, 1.54) is 11.1 Å². The van der Waals surface area contributed by atoms with Crippen molar-refractivity contribution in [3.05, 3.63) is 86.5 Å². The molecule has 0 fully saturated rings. The lowest BCUT2D eigenvalue weighted by Gasteiger charge is -2.32. The molecule has 5 heteroatoms. The van der Waals surface area contributed by atoms with Crippen LogP contribution in [0.1, 0.15) is 36.4 Å². The molecule has 1 unspecified atom stereocenters. The van der Waals surface area contributed by atoms with Crippen LogP contribution >= 0.6 is 23.2 Å². The molecule has 2 aromatic carbocycles. The average Bonchev–Trinajstić information content (AvgIpc) is 2.64. The van der Waals surface area contributed by atoms with Crippen LogP contribution in [0.3, 0.4) is 0 Å². The second-order valence-corrected chi connectivity index (χ2v) is 7.44. The van der Waals surface area contributed by atoms with E-state index in [4.69, 9.17) is 28.9 Å². The fourth-order valence-corrected chi connectivity index (χ4v) is 3.81. The van der Waals surface area contributed by atoms with Crippen molar-refractivity contribution in [2.24, 2.45) is 10.7 Å². The number of allylic oxidation sites excluding steroid dienone is 1. The fraction of sp³-hybridized carbons (Fsp3) is 0.190. The molecule has 0 bridgehead atoms. The Morgan fingerprint density at radius 1 is 0.962 bits per heavy atom. The Hall–Kier alpha value is -2.23. The summed E-state index contributed by atoms with van der Waals surface area (Å²) in [5.41, 5.74) is 12.0. The molecule has 2 aromatic rings. The molecule has 3 N–H and O–H groups in total. The number of rotatable bonds is 2. The number of nitrogens with two attached hydrogens (primary N) is 1. The number of halogens is 2. The molecule has 0 saturated heterocycles. The largest absolute Gasteiger partial charge is 0.370 e. The topological polar surface area (TPSA) is 50.4 Å². The molecule has 4 rings (SSSR count). The van der Waals surface area contributed by atoms with E-state index < -0.39 is 0 Å². The molecule has 3 nitrogen and oxygen atoms in total. The Bertz CT molecular complexity index is 909. The summed E-state index contributed by atoms with van der Waals surface area (Å²) in [6.07, 6.45) is 5.31. The zero-order valence-corrected chi connectivity index (χ0v) is 15.7. The summed E-state index contributed by atoms with van der Waals surface area (Å²) in [6.45, 7) is 0. The van der Waals surface area contributed by atoms with Crippen molar-refractivity contribution in [2.75, 3.05) is 0 Å². The molecule has 26 heavy (non-hydrogen) atoms. The van der Waals surface area contributed by atoms with Crippen molar-refractivity contribution < 1.29 is 0 Å². The van der Waals surface area contributed by atoms with Gasteiger partial charge in [0.2, 0.25) is 0 Å². The average molecular weight is 384 g/mol. The van der Waals surface area contributed by atoms with Gasteiger partial charge in [-0.15, -0.1) is 0 Å². The van der Waals surface area contributed by atoms with Gasteiger partial charge in [0, 0.05) is 15.7 Å². The van der Waals surface area contributed by atoms with E-state index in [9.17, 15) is 0 Å². The quantitative estimate of drug-likeness (QED) is 0.721. The van der Waals surface area contributed by atoms with Gasteiger partial charge in [-0.3, -0.25) is 0 Å². The summed E-state index contributed by atoms with van der Waals surface area (Å²) in [5.74, 6) is 0.451. The third kappa shape index (κ3) is 3.50. The number of guanidine groups is 1. The van der Waals surface area contributed by atoms with Crippen molar-refractivity contribution in [1.82, 2.24) is 5.32 Å². The second kappa shape index (κ2) is 7.18. The van der Waals surface area contributed by atoms with Gasteiger partial charge < -0.3 is 11.1 Å². The molecule has 0 amide bonds. The van der Waals surface area contributed by atoms with Crippen LogP contribution in [-0.2, 0) is 0 Å². The monoisotopic (exact) mass is 383 g/mol. The maximum Gasteiger partial charge on any atom is 0.194 e. The highest BCUT2D eigenvalue weighted by Crippen LogP contribution is 2.40. The predicted molar refractivity (Wildman–Crippen MR) is 109 cm³/mol. The van der Waals surface area contributed by atoms with Crippen LogP contribution in [0.5, 0.6) is 0 Å². The van der Waals surface area contributed by atoms with E-state index in [1.54, 1.807) is 0 Å². The Morgan fingerprint density at radius 2 is 1.62 bits per heavy atom. The maximum atomic E-state index is 6.11. The number of nitrogens with one attached hydrogen (secondary N) is 1. The van der Waals surface area contributed by atoms with Gasteiger partial charge in [-0.25, -0.2) is 4.99 Å². The molecule has 0 aromatic heterocycles. The fourth-order valence-electron chi connectivity index (χ4n) is 3.56. The summed E-state index contributed by atoms with van der Waals surface area (Å²) >= 11 is 12.0. The van der Waals surface area contributed by atoms with Crippen molar-refractivity contribution in [2.45, 2.75) is 25.3 Å². The number of hydrogen-bond acceptors (Lipinski definition) is 3. The van der Waals surface area contributed by atoms with E-state index in [0.29, 0.717) is 5.96 Å². The van der Waals surface area contributed by atoms with Crippen LogP contribution in [0, 0.1) is 0 Å². The molecular weight excluding hydrogens is 365 g/mol. The molecule has 1 aliphatic carbocycles. The lowest BCUT2D eigenvalue weighted by Crippen LogP contribution is -2.38. The Labute approximate surface area is 163 Å². The zero-order chi connectivity index (χ0) is 18.1. The van der Waals surface area contributed by atoms with Crippen LogP contribution in [0.15, 0.2) is 70.4 Å². The lowest BCUT2D eigenvalue weighted by atomic mass is 9.84. The molecule has 0 radical (unpaired) electrons. The standard InChI is InChI=1S/C21H19Cl2N3/c22-16-8-4-13(5-9-16)12-15-2-1-3-18-19(25-21(24)26-20(15)18)14-6-10-17(23)11-7-14/h4-12,19H,1-3H2,(H3,24,25,26)/b15-12+. The van der Waals surface area contributed by atoms with Crippen molar-refractivity contribution in [3.63, 3.8) is 0 Å². The molecule has 0 saturated carbocycles. The lowest BCUT2D eigenvalue weighted by molar-refractivity contribution is 0.654. The SMILES string of the molecule is NC1=NC(c2ccc(Cl)cc2)C2=C(N1)/C(=C/c1ccc(Cl)cc1)CCC2. The minimum absolute atomic E-state index is 0.0579. The maximum absolute atomic E-state index is 6.11. The van der Waals surface area contributed by atoms with Gasteiger partial charge >= 0.3 is 0 Å². The zero-order valence-electron chi connectivity index (χ0n) is 14.2. The van der Waals surface area contributed by atoms with E-state index in [0.717, 1.165) is 46.1 Å². The third-order valence-electron chi connectivity index (χ3n) is 4.78. The van der Waals surface area contributed by atoms with Gasteiger partial charge in [0.25, 0.3) is 0 Å². The number of nitrogens with zero attached hydrogens (tertiary/aromatic N) is 1. The highest BCUT2D eigenvalue weighted by atomic mass is 35.5. The Balaban J connectivity index is 1.75. The van der Waals surface area contributed by atoms with Crippen LogP contribution < -0.4 is 11.1 Å². The highest BCUT2D eigenvalue weighted by molar-refractivity contribution is 6.30. The first-order valence-corrected chi connectivity index (χ1v) is 9.41. The minimum Gasteiger partial charge on any atom is -0.370 e. The normalized spacial score (nSPS) is 21.2. The minimum atomic E-state index is -0.0579. The van der Waals surface area contributed by atoms with Gasteiger partial charge in [-0.05, 0) is 71.9 Å². The first kappa shape index (κ1) is 17.2. The summed E-state index contributed by atoms with van der Waals surface area (Å²) in [4.78, 5) is 4.66. The third-order valence-corrected chi connectivity index (χ3v) is 5.29.